The largest absolute Gasteiger partial charge is 0.479 e. The highest BCUT2D eigenvalue weighted by molar-refractivity contribution is 5.86. The standard InChI is InChI=1S/C18H21NO3/c1-10-4-3-5-14(11(10)2)16(18(21)22)19-17(20)15-9-12-6-7-13(15)8-12/h3-7,12-13,15-16H,8-9H2,1-2H3,(H,19,20)(H,21,22). The number of aryl methyl sites for hydroxylation is 1. The first-order valence-corrected chi connectivity index (χ1v) is 7.75. The molecule has 2 aliphatic rings. The van der Waals surface area contributed by atoms with Crippen LogP contribution in [0.4, 0.5) is 0 Å². The lowest BCUT2D eigenvalue weighted by atomic mass is 9.91. The third kappa shape index (κ3) is 2.54. The highest BCUT2D eigenvalue weighted by atomic mass is 16.4. The molecule has 2 N–H and O–H groups in total. The molecule has 116 valence electrons. The number of fused-ring (bicyclic) bond motifs is 2. The Balaban J connectivity index is 1.80. The minimum atomic E-state index is -1.01. The predicted molar refractivity (Wildman–Crippen MR) is 83.3 cm³/mol. The highest BCUT2D eigenvalue weighted by Gasteiger charge is 2.41. The molecule has 3 rings (SSSR count). The Hall–Kier alpha value is -2.10. The number of rotatable bonds is 4. The second-order valence-electron chi connectivity index (χ2n) is 6.46. The minimum Gasteiger partial charge on any atom is -0.479 e. The summed E-state index contributed by atoms with van der Waals surface area (Å²) in [6.45, 7) is 3.84. The van der Waals surface area contributed by atoms with Crippen LogP contribution in [0.15, 0.2) is 30.4 Å². The summed E-state index contributed by atoms with van der Waals surface area (Å²) in [4.78, 5) is 24.2. The molecule has 22 heavy (non-hydrogen) atoms. The normalized spacial score (nSPS) is 26.9. The van der Waals surface area contributed by atoms with Crippen LogP contribution in [0.25, 0.3) is 0 Å². The van der Waals surface area contributed by atoms with Gasteiger partial charge >= 0.3 is 5.97 Å². The molecule has 0 aromatic heterocycles. The SMILES string of the molecule is Cc1cccc(C(NC(=O)C2CC3C=CC2C3)C(=O)O)c1C. The number of allylic oxidation sites excluding steroid dienone is 2. The van der Waals surface area contributed by atoms with Crippen LogP contribution < -0.4 is 5.32 Å². The van der Waals surface area contributed by atoms with Crippen LogP contribution in [0, 0.1) is 31.6 Å². The van der Waals surface area contributed by atoms with Gasteiger partial charge in [0, 0.05) is 5.92 Å². The Morgan fingerprint density at radius 3 is 2.59 bits per heavy atom. The number of hydrogen-bond acceptors (Lipinski definition) is 2. The van der Waals surface area contributed by atoms with Gasteiger partial charge in [-0.1, -0.05) is 30.4 Å². The summed E-state index contributed by atoms with van der Waals surface area (Å²) in [5.74, 6) is -0.462. The van der Waals surface area contributed by atoms with Crippen molar-refractivity contribution in [1.29, 1.82) is 0 Å². The van der Waals surface area contributed by atoms with Gasteiger partial charge in [-0.3, -0.25) is 4.79 Å². The maximum atomic E-state index is 12.5. The van der Waals surface area contributed by atoms with E-state index in [9.17, 15) is 14.7 Å². The van der Waals surface area contributed by atoms with E-state index in [1.54, 1.807) is 6.07 Å². The molecule has 1 fully saturated rings. The Labute approximate surface area is 130 Å². The van der Waals surface area contributed by atoms with Gasteiger partial charge in [0.25, 0.3) is 0 Å². The topological polar surface area (TPSA) is 66.4 Å². The summed E-state index contributed by atoms with van der Waals surface area (Å²) in [6.07, 6.45) is 6.14. The van der Waals surface area contributed by atoms with Gasteiger partial charge in [0.05, 0.1) is 0 Å². The molecule has 0 radical (unpaired) electrons. The summed E-state index contributed by atoms with van der Waals surface area (Å²) in [5.41, 5.74) is 2.61. The number of hydrogen-bond donors (Lipinski definition) is 2. The van der Waals surface area contributed by atoms with Crippen LogP contribution in [-0.4, -0.2) is 17.0 Å². The lowest BCUT2D eigenvalue weighted by Crippen LogP contribution is -2.39. The Kier molecular flexibility index (Phi) is 3.77. The quantitative estimate of drug-likeness (QED) is 0.840. The van der Waals surface area contributed by atoms with E-state index in [1.807, 2.05) is 26.0 Å². The van der Waals surface area contributed by atoms with Gasteiger partial charge in [0.1, 0.15) is 0 Å². The first-order valence-electron chi connectivity index (χ1n) is 7.75. The van der Waals surface area contributed by atoms with Crippen LogP contribution in [0.3, 0.4) is 0 Å². The molecule has 1 aromatic rings. The molecule has 0 saturated heterocycles. The molecule has 2 bridgehead atoms. The number of nitrogens with one attached hydrogen (secondary N) is 1. The van der Waals surface area contributed by atoms with E-state index in [2.05, 4.69) is 17.5 Å². The average Bonchev–Trinajstić information content (AvgIpc) is 3.10. The molecule has 0 heterocycles. The van der Waals surface area contributed by atoms with Crippen molar-refractivity contribution >= 4 is 11.9 Å². The van der Waals surface area contributed by atoms with Crippen molar-refractivity contribution in [2.24, 2.45) is 17.8 Å². The highest BCUT2D eigenvalue weighted by Crippen LogP contribution is 2.43. The maximum absolute atomic E-state index is 12.5. The molecule has 1 saturated carbocycles. The predicted octanol–water partition coefficient (Wildman–Crippen LogP) is 2.76. The number of carbonyl (C=O) groups is 2. The summed E-state index contributed by atoms with van der Waals surface area (Å²) in [7, 11) is 0. The van der Waals surface area contributed by atoms with Crippen molar-refractivity contribution < 1.29 is 14.7 Å². The fraction of sp³-hybridized carbons (Fsp3) is 0.444. The van der Waals surface area contributed by atoms with Crippen molar-refractivity contribution in [3.8, 4) is 0 Å². The minimum absolute atomic E-state index is 0.0815. The lowest BCUT2D eigenvalue weighted by molar-refractivity contribution is -0.142. The zero-order valence-electron chi connectivity index (χ0n) is 12.9. The molecule has 4 heteroatoms. The zero-order chi connectivity index (χ0) is 15.9. The number of amides is 1. The number of carbonyl (C=O) groups excluding carboxylic acids is 1. The third-order valence-electron chi connectivity index (χ3n) is 5.11. The first kappa shape index (κ1) is 14.8. The lowest BCUT2D eigenvalue weighted by Gasteiger charge is -2.23. The molecule has 2 aliphatic carbocycles. The summed E-state index contributed by atoms with van der Waals surface area (Å²) in [6, 6.07) is 4.58. The molecule has 4 unspecified atom stereocenters. The second-order valence-corrected chi connectivity index (χ2v) is 6.46. The average molecular weight is 299 g/mol. The Morgan fingerprint density at radius 2 is 2.00 bits per heavy atom. The van der Waals surface area contributed by atoms with Gasteiger partial charge in [-0.2, -0.15) is 0 Å². The van der Waals surface area contributed by atoms with Crippen LogP contribution in [0.2, 0.25) is 0 Å². The van der Waals surface area contributed by atoms with E-state index in [4.69, 9.17) is 0 Å². The van der Waals surface area contributed by atoms with Crippen LogP contribution in [0.1, 0.15) is 35.6 Å². The summed E-state index contributed by atoms with van der Waals surface area (Å²) < 4.78 is 0. The smallest absolute Gasteiger partial charge is 0.330 e. The summed E-state index contributed by atoms with van der Waals surface area (Å²) in [5, 5.41) is 12.3. The second kappa shape index (κ2) is 5.59. The van der Waals surface area contributed by atoms with E-state index in [1.165, 1.54) is 0 Å². The Morgan fingerprint density at radius 1 is 1.23 bits per heavy atom. The monoisotopic (exact) mass is 299 g/mol. The van der Waals surface area contributed by atoms with Crippen LogP contribution in [0.5, 0.6) is 0 Å². The van der Waals surface area contributed by atoms with Crippen LogP contribution in [-0.2, 0) is 9.59 Å². The van der Waals surface area contributed by atoms with Gasteiger partial charge in [-0.25, -0.2) is 4.79 Å². The van der Waals surface area contributed by atoms with Crippen molar-refractivity contribution in [2.45, 2.75) is 32.7 Å². The maximum Gasteiger partial charge on any atom is 0.330 e. The van der Waals surface area contributed by atoms with E-state index in [0.29, 0.717) is 11.5 Å². The molecular weight excluding hydrogens is 278 g/mol. The fourth-order valence-electron chi connectivity index (χ4n) is 3.69. The van der Waals surface area contributed by atoms with Crippen molar-refractivity contribution in [1.82, 2.24) is 5.32 Å². The van der Waals surface area contributed by atoms with E-state index in [-0.39, 0.29) is 17.7 Å². The summed E-state index contributed by atoms with van der Waals surface area (Å²) >= 11 is 0. The van der Waals surface area contributed by atoms with E-state index < -0.39 is 12.0 Å². The van der Waals surface area contributed by atoms with Crippen molar-refractivity contribution in [3.63, 3.8) is 0 Å². The van der Waals surface area contributed by atoms with Gasteiger partial charge in [0.2, 0.25) is 5.91 Å². The third-order valence-corrected chi connectivity index (χ3v) is 5.11. The number of benzene rings is 1. The number of carboxylic acid groups (broad SMARTS) is 1. The molecule has 1 amide bonds. The molecular formula is C18H21NO3. The zero-order valence-corrected chi connectivity index (χ0v) is 12.9. The molecule has 4 nitrogen and oxygen atoms in total. The first-order chi connectivity index (χ1) is 10.5. The fourth-order valence-corrected chi connectivity index (χ4v) is 3.69. The van der Waals surface area contributed by atoms with Gasteiger partial charge in [0.15, 0.2) is 6.04 Å². The molecule has 1 aromatic carbocycles. The van der Waals surface area contributed by atoms with Gasteiger partial charge < -0.3 is 10.4 Å². The van der Waals surface area contributed by atoms with Crippen LogP contribution >= 0.6 is 0 Å². The van der Waals surface area contributed by atoms with Gasteiger partial charge in [-0.15, -0.1) is 0 Å². The number of carboxylic acids is 1. The molecule has 4 atom stereocenters. The van der Waals surface area contributed by atoms with E-state index in [0.717, 1.165) is 24.0 Å². The van der Waals surface area contributed by atoms with Crippen molar-refractivity contribution in [2.75, 3.05) is 0 Å². The van der Waals surface area contributed by atoms with Gasteiger partial charge in [-0.05, 0) is 55.2 Å². The Bertz CT molecular complexity index is 650. The molecule has 0 spiro atoms. The number of aliphatic carboxylic acids is 1. The molecule has 0 aliphatic heterocycles. The van der Waals surface area contributed by atoms with Crippen molar-refractivity contribution in [3.05, 3.63) is 47.0 Å². The van der Waals surface area contributed by atoms with E-state index >= 15 is 0 Å².